The van der Waals surface area contributed by atoms with Crippen LogP contribution in [0, 0.1) is 23.5 Å². The number of thioether (sulfide) groups is 2. The van der Waals surface area contributed by atoms with Crippen molar-refractivity contribution in [3.63, 3.8) is 0 Å². The first-order valence-corrected chi connectivity index (χ1v) is 34.4. The number of fused-ring (bicyclic) bond motifs is 5. The largest absolute Gasteiger partial charge is 0.508 e. The van der Waals surface area contributed by atoms with Gasteiger partial charge in [-0.1, -0.05) is 36.4 Å². The van der Waals surface area contributed by atoms with Gasteiger partial charge in [0, 0.05) is 120 Å². The Kier molecular flexibility index (Phi) is 22.8. The van der Waals surface area contributed by atoms with Crippen molar-refractivity contribution < 1.29 is 71.7 Å². The van der Waals surface area contributed by atoms with Crippen LogP contribution in [-0.4, -0.2) is 160 Å². The summed E-state index contributed by atoms with van der Waals surface area (Å²) < 4.78 is 29.8. The van der Waals surface area contributed by atoms with Crippen LogP contribution in [0.1, 0.15) is 91.8 Å². The van der Waals surface area contributed by atoms with E-state index in [2.05, 4.69) is 51.8 Å². The van der Waals surface area contributed by atoms with Crippen LogP contribution in [-0.2, 0) is 89.9 Å². The summed E-state index contributed by atoms with van der Waals surface area (Å²) in [6.07, 6.45) is 3.29. The van der Waals surface area contributed by atoms with Crippen molar-refractivity contribution >= 4 is 110 Å². The zero-order valence-electron chi connectivity index (χ0n) is 53.5. The van der Waals surface area contributed by atoms with E-state index in [1.807, 2.05) is 24.3 Å². The minimum atomic E-state index is -1.91. The molecule has 10 rings (SSSR count). The number of hydrogen-bond acceptors (Lipinski definition) is 15. The number of nitrogens with zero attached hydrogens (tertiary/aromatic N) is 2. The van der Waals surface area contributed by atoms with E-state index in [1.165, 1.54) is 121 Å². The first-order valence-electron chi connectivity index (χ1n) is 32.1. The van der Waals surface area contributed by atoms with E-state index in [9.17, 15) is 52.6 Å². The van der Waals surface area contributed by atoms with E-state index < -0.39 is 156 Å². The number of aromatic nitrogens is 4. The van der Waals surface area contributed by atoms with Crippen molar-refractivity contribution in [1.82, 2.24) is 56.7 Å². The number of nitrogens with one attached hydrogen (secondary N) is 9. The molecular weight excluding hydrogens is 1310 g/mol. The van der Waals surface area contributed by atoms with Crippen molar-refractivity contribution in [1.29, 1.82) is 0 Å². The van der Waals surface area contributed by atoms with E-state index in [0.717, 1.165) is 11.1 Å². The summed E-state index contributed by atoms with van der Waals surface area (Å²) in [5.41, 5.74) is 7.27. The van der Waals surface area contributed by atoms with Gasteiger partial charge in [0.1, 0.15) is 46.6 Å². The van der Waals surface area contributed by atoms with Gasteiger partial charge in [0.25, 0.3) is 0 Å². The third-order valence-electron chi connectivity index (χ3n) is 18.1. The quantitative estimate of drug-likeness (QED) is 0.0854. The van der Waals surface area contributed by atoms with Crippen LogP contribution in [0.15, 0.2) is 110 Å². The van der Waals surface area contributed by atoms with E-state index in [4.69, 9.17) is 5.73 Å². The van der Waals surface area contributed by atoms with E-state index in [1.54, 1.807) is 0 Å². The number of benzene rings is 4. The van der Waals surface area contributed by atoms with Crippen molar-refractivity contribution in [2.24, 2.45) is 17.6 Å². The number of carbonyl (C=O) groups is 11. The number of aromatic hydroxyl groups is 1. The second-order valence-electron chi connectivity index (χ2n) is 25.4. The number of phenolic OH excluding ortho intramolecular Hbond substituents is 1. The SMILES string of the molecule is C[C@@]12CCCN1C(=O)[C@H](Cc1ccc(O)cc1)NC(=O)[C@H](Cc1cnc[nH]1)CC(=O)[C@H](CC(=O)O)NC(=O)[C@H](Cc1c[nH]c3ccc(F)cc13)NC(=O)[C@H](Cc1c[nH]c3ccc(F)cc13)CC(=O)CNC(=O)C1(CC1)NC(=O)CCSCc1cccc(c1)CSC[C@@H](C(N)=O)NC2=O. The maximum Gasteiger partial charge on any atom is 0.305 e. The maximum atomic E-state index is 15.2. The Labute approximate surface area is 569 Å². The molecular formula is C69H76F2N12O13S2. The Hall–Kier alpha value is -9.90. The first kappa shape index (κ1) is 70.9. The minimum Gasteiger partial charge on any atom is -0.508 e. The number of ketones is 2. The molecule has 25 nitrogen and oxygen atoms in total. The maximum absolute atomic E-state index is 15.2. The van der Waals surface area contributed by atoms with Crippen molar-refractivity contribution in [3.8, 4) is 5.75 Å². The predicted molar refractivity (Wildman–Crippen MR) is 359 cm³/mol. The average molecular weight is 1380 g/mol. The van der Waals surface area contributed by atoms with Crippen LogP contribution in [0.4, 0.5) is 8.78 Å². The van der Waals surface area contributed by atoms with Crippen LogP contribution < -0.4 is 37.6 Å². The number of hydrogen-bond donors (Lipinski definition) is 12. The number of carboxylic acid groups (broad SMARTS) is 1. The Balaban J connectivity index is 0.975. The summed E-state index contributed by atoms with van der Waals surface area (Å²) in [5, 5.41) is 37.4. The molecule has 5 heterocycles. The van der Waals surface area contributed by atoms with Gasteiger partial charge in [-0.05, 0) is 115 Å². The summed E-state index contributed by atoms with van der Waals surface area (Å²) in [7, 11) is 0. The molecule has 8 amide bonds. The standard InChI is InChI=1S/C69H76F2N12O13S2/c1-68-15-3-18-83(68)65(94)56(21-38-6-10-48(84)11-7-38)80-63(92)42(23-47-32-73-37-77-47)26-58(86)54(29-60(88)89)78-64(93)55(25-44-31-75-53-13-9-46(71)28-51(44)53)79-62(91)41(22-43-30-74-52-12-8-45(70)27-50(43)52)24-49(85)33-76-67(96)69(16-17-69)82-59(87)14-19-97-34-39-4-2-5-40(20-39)35-98-36-57(61(72)90)81-66(68)95/h2,4-13,20,27-28,30-32,37,41-42,54-57,74-75,84H,3,14-19,21-26,29,33-36H2,1H3,(H2,72,90)(H,73,77)(H,76,96)(H,78,93)(H,79,91)(H,80,92)(H,81,95)(H,82,87)(H,88,89)/t41-,42-,54+,55+,56+,57+,68+/m1/s1. The molecule has 3 aliphatic rings. The van der Waals surface area contributed by atoms with Gasteiger partial charge in [-0.15, -0.1) is 0 Å². The van der Waals surface area contributed by atoms with Gasteiger partial charge in [0.15, 0.2) is 11.6 Å². The molecule has 0 unspecified atom stereocenters. The predicted octanol–water partition coefficient (Wildman–Crippen LogP) is 4.39. The summed E-state index contributed by atoms with van der Waals surface area (Å²) in [4.78, 5) is 171. The van der Waals surface area contributed by atoms with Crippen LogP contribution in [0.3, 0.4) is 0 Å². The molecule has 516 valence electrons. The smallest absolute Gasteiger partial charge is 0.305 e. The number of H-pyrrole nitrogens is 3. The highest BCUT2D eigenvalue weighted by atomic mass is 32.2. The molecule has 2 aliphatic heterocycles. The van der Waals surface area contributed by atoms with Gasteiger partial charge in [0.05, 0.1) is 31.3 Å². The lowest BCUT2D eigenvalue weighted by molar-refractivity contribution is -0.147. The Morgan fingerprint density at radius 2 is 1.33 bits per heavy atom. The fraction of sp³-hybridized carbons (Fsp3) is 0.391. The average Bonchev–Trinajstić information content (AvgIpc) is 1.60. The van der Waals surface area contributed by atoms with Crippen molar-refractivity contribution in [2.45, 2.75) is 131 Å². The number of carboxylic acids is 1. The Morgan fingerprint density at radius 1 is 0.694 bits per heavy atom. The summed E-state index contributed by atoms with van der Waals surface area (Å²) in [6, 6.07) is 15.0. The summed E-state index contributed by atoms with van der Waals surface area (Å²) in [6.45, 7) is 0.987. The molecule has 2 fully saturated rings. The van der Waals surface area contributed by atoms with Crippen LogP contribution in [0.2, 0.25) is 0 Å². The number of rotatable bonds is 11. The molecule has 7 atom stereocenters. The molecule has 1 aliphatic carbocycles. The first-order chi connectivity index (χ1) is 46.9. The number of aromatic amines is 3. The third kappa shape index (κ3) is 18.0. The zero-order chi connectivity index (χ0) is 69.8. The highest BCUT2D eigenvalue weighted by Crippen LogP contribution is 2.36. The van der Waals surface area contributed by atoms with Gasteiger partial charge >= 0.3 is 5.97 Å². The number of Topliss-reactive ketones (excluding diaryl/α,β-unsaturated/α-hetero) is 2. The fourth-order valence-electron chi connectivity index (χ4n) is 12.5. The van der Waals surface area contributed by atoms with Gasteiger partial charge < -0.3 is 67.7 Å². The fourth-order valence-corrected chi connectivity index (χ4v) is 14.4. The number of aliphatic carboxylic acids is 1. The molecule has 29 heteroatoms. The summed E-state index contributed by atoms with van der Waals surface area (Å²) in [5.74, 6) is -12.1. The van der Waals surface area contributed by atoms with Crippen LogP contribution in [0.25, 0.3) is 21.8 Å². The molecule has 1 spiro atoms. The summed E-state index contributed by atoms with van der Waals surface area (Å²) >= 11 is 2.83. The van der Waals surface area contributed by atoms with Gasteiger partial charge in [-0.25, -0.2) is 13.8 Å². The van der Waals surface area contributed by atoms with E-state index in [0.29, 0.717) is 75.1 Å². The third-order valence-corrected chi connectivity index (χ3v) is 20.2. The second-order valence-corrected chi connectivity index (χ2v) is 27.5. The zero-order valence-corrected chi connectivity index (χ0v) is 55.1. The van der Waals surface area contributed by atoms with Crippen molar-refractivity contribution in [3.05, 3.63) is 155 Å². The molecule has 0 radical (unpaired) electrons. The molecule has 1 saturated heterocycles. The Bertz CT molecular complexity index is 4160. The molecule has 1 saturated carbocycles. The van der Waals surface area contributed by atoms with Crippen molar-refractivity contribution in [2.75, 3.05) is 24.6 Å². The van der Waals surface area contributed by atoms with E-state index in [-0.39, 0.29) is 55.7 Å². The van der Waals surface area contributed by atoms with Crippen LogP contribution in [0.5, 0.6) is 5.75 Å². The number of phenols is 1. The van der Waals surface area contributed by atoms with Gasteiger partial charge in [-0.3, -0.25) is 52.7 Å². The Morgan fingerprint density at radius 3 is 1.96 bits per heavy atom. The topological polar surface area (TPSA) is 390 Å². The minimum absolute atomic E-state index is 0.0388. The second kappa shape index (κ2) is 31.5. The lowest BCUT2D eigenvalue weighted by atomic mass is 9.91. The molecule has 3 aromatic heterocycles. The number of nitrogens with two attached hydrogens (primary N) is 1. The lowest BCUT2D eigenvalue weighted by Gasteiger charge is -2.37. The number of primary amides is 1. The number of imidazole rings is 1. The number of carbonyl (C=O) groups excluding carboxylic acids is 10. The highest BCUT2D eigenvalue weighted by Gasteiger charge is 2.51. The molecule has 98 heavy (non-hydrogen) atoms. The molecule has 13 N–H and O–H groups in total. The van der Waals surface area contributed by atoms with Crippen LogP contribution >= 0.6 is 23.5 Å². The number of halogens is 2. The normalized spacial score (nSPS) is 23.4. The van der Waals surface area contributed by atoms with Gasteiger partial charge in [0.2, 0.25) is 47.3 Å². The van der Waals surface area contributed by atoms with E-state index >= 15 is 19.2 Å². The van der Waals surface area contributed by atoms with Gasteiger partial charge in [-0.2, -0.15) is 23.5 Å². The number of amides is 8. The molecule has 4 aromatic carbocycles. The lowest BCUT2D eigenvalue weighted by Crippen LogP contribution is -2.62. The molecule has 2 bridgehead atoms. The monoisotopic (exact) mass is 1380 g/mol. The highest BCUT2D eigenvalue weighted by molar-refractivity contribution is 7.98. The molecule has 7 aromatic rings.